The predicted molar refractivity (Wildman–Crippen MR) is 77.6 cm³/mol. The number of esters is 1. The molecule has 0 aliphatic rings. The zero-order valence-electron chi connectivity index (χ0n) is 11.7. The van der Waals surface area contributed by atoms with E-state index in [1.165, 1.54) is 6.92 Å². The van der Waals surface area contributed by atoms with Gasteiger partial charge in [-0.3, -0.25) is 8.98 Å². The molecule has 6 nitrogen and oxygen atoms in total. The second-order valence-corrected chi connectivity index (χ2v) is 6.33. The summed E-state index contributed by atoms with van der Waals surface area (Å²) in [5.41, 5.74) is 0.696. The molecule has 0 bridgehead atoms. The van der Waals surface area contributed by atoms with Crippen LogP contribution < -0.4 is 0 Å². The zero-order chi connectivity index (χ0) is 15.9. The Balaban J connectivity index is 2.53. The summed E-state index contributed by atoms with van der Waals surface area (Å²) in [4.78, 5) is 11.1. The van der Waals surface area contributed by atoms with Crippen LogP contribution in [0, 0.1) is 0 Å². The Bertz CT molecular complexity index is 572. The molecule has 21 heavy (non-hydrogen) atoms. The molecule has 0 spiro atoms. The van der Waals surface area contributed by atoms with Crippen LogP contribution in [-0.2, 0) is 28.6 Å². The van der Waals surface area contributed by atoms with Crippen molar-refractivity contribution in [1.82, 2.24) is 0 Å². The monoisotopic (exact) mass is 336 g/mol. The van der Waals surface area contributed by atoms with E-state index in [9.17, 15) is 13.2 Å². The molecule has 0 N–H and O–H groups in total. The van der Waals surface area contributed by atoms with Crippen LogP contribution >= 0.6 is 11.6 Å². The maximum absolute atomic E-state index is 11.1. The highest BCUT2D eigenvalue weighted by Gasteiger charge is 2.15. The second-order valence-electron chi connectivity index (χ2n) is 4.25. The maximum Gasteiger partial charge on any atom is 0.303 e. The molecule has 0 radical (unpaired) electrons. The van der Waals surface area contributed by atoms with Crippen LogP contribution in [0.25, 0.3) is 0 Å². The van der Waals surface area contributed by atoms with Gasteiger partial charge in [-0.25, -0.2) is 0 Å². The van der Waals surface area contributed by atoms with E-state index in [-0.39, 0.29) is 19.8 Å². The van der Waals surface area contributed by atoms with E-state index in [0.29, 0.717) is 10.6 Å². The van der Waals surface area contributed by atoms with Crippen molar-refractivity contribution in [1.29, 1.82) is 0 Å². The van der Waals surface area contributed by atoms with Crippen LogP contribution in [0.15, 0.2) is 24.3 Å². The summed E-state index contributed by atoms with van der Waals surface area (Å²) in [5, 5.41) is 0.519. The second kappa shape index (κ2) is 8.33. The minimum atomic E-state index is -3.48. The number of carbonyl (C=O) groups is 1. The topological polar surface area (TPSA) is 78.9 Å². The van der Waals surface area contributed by atoms with Crippen LogP contribution in [-0.4, -0.2) is 40.5 Å². The Morgan fingerprint density at radius 3 is 2.62 bits per heavy atom. The SMILES string of the molecule is CC(=O)OC(COCCOS(C)(=O)=O)c1cccc(Cl)c1. The van der Waals surface area contributed by atoms with Crippen molar-refractivity contribution in [3.8, 4) is 0 Å². The average molecular weight is 337 g/mol. The molecule has 1 atom stereocenters. The lowest BCUT2D eigenvalue weighted by atomic mass is 10.1. The van der Waals surface area contributed by atoms with Gasteiger partial charge in [0.05, 0.1) is 26.1 Å². The lowest BCUT2D eigenvalue weighted by Crippen LogP contribution is -2.17. The van der Waals surface area contributed by atoms with Gasteiger partial charge in [-0.2, -0.15) is 8.42 Å². The Labute approximate surface area is 129 Å². The fraction of sp³-hybridized carbons (Fsp3) is 0.462. The third kappa shape index (κ3) is 8.01. The predicted octanol–water partition coefficient (Wildman–Crippen LogP) is 1.94. The van der Waals surface area contributed by atoms with Gasteiger partial charge in [0.15, 0.2) is 6.10 Å². The third-order valence-electron chi connectivity index (χ3n) is 2.32. The largest absolute Gasteiger partial charge is 0.455 e. The van der Waals surface area contributed by atoms with Crippen molar-refractivity contribution < 1.29 is 26.9 Å². The van der Waals surface area contributed by atoms with E-state index in [1.54, 1.807) is 24.3 Å². The Kier molecular flexibility index (Phi) is 7.10. The van der Waals surface area contributed by atoms with Crippen LogP contribution in [0.1, 0.15) is 18.6 Å². The number of rotatable bonds is 8. The van der Waals surface area contributed by atoms with E-state index >= 15 is 0 Å². The molecule has 8 heteroatoms. The number of halogens is 1. The zero-order valence-corrected chi connectivity index (χ0v) is 13.3. The first-order valence-electron chi connectivity index (χ1n) is 6.13. The fourth-order valence-corrected chi connectivity index (χ4v) is 2.11. The normalized spacial score (nSPS) is 12.9. The van der Waals surface area contributed by atoms with Crippen LogP contribution in [0.3, 0.4) is 0 Å². The van der Waals surface area contributed by atoms with Gasteiger partial charge in [0.2, 0.25) is 0 Å². The van der Waals surface area contributed by atoms with Crippen LogP contribution in [0.2, 0.25) is 5.02 Å². The Morgan fingerprint density at radius 1 is 1.33 bits per heavy atom. The Morgan fingerprint density at radius 2 is 2.05 bits per heavy atom. The number of hydrogen-bond donors (Lipinski definition) is 0. The summed E-state index contributed by atoms with van der Waals surface area (Å²) in [6.07, 6.45) is 0.347. The van der Waals surface area contributed by atoms with Gasteiger partial charge in [0.1, 0.15) is 0 Å². The minimum Gasteiger partial charge on any atom is -0.455 e. The van der Waals surface area contributed by atoms with Gasteiger partial charge in [-0.15, -0.1) is 0 Å². The molecule has 1 unspecified atom stereocenters. The van der Waals surface area contributed by atoms with E-state index in [2.05, 4.69) is 4.18 Å². The number of ether oxygens (including phenoxy) is 2. The molecular weight excluding hydrogens is 320 g/mol. The van der Waals surface area contributed by atoms with Gasteiger partial charge in [-0.1, -0.05) is 23.7 Å². The smallest absolute Gasteiger partial charge is 0.303 e. The van der Waals surface area contributed by atoms with E-state index < -0.39 is 22.2 Å². The van der Waals surface area contributed by atoms with Crippen molar-refractivity contribution in [2.24, 2.45) is 0 Å². The molecule has 118 valence electrons. The van der Waals surface area contributed by atoms with Crippen molar-refractivity contribution in [3.05, 3.63) is 34.9 Å². The first kappa shape index (κ1) is 17.9. The van der Waals surface area contributed by atoms with Crippen molar-refractivity contribution in [3.63, 3.8) is 0 Å². The standard InChI is InChI=1S/C13H17ClO6S/c1-10(15)20-13(11-4-3-5-12(14)8-11)9-18-6-7-19-21(2,16)17/h3-5,8,13H,6-7,9H2,1-2H3. The van der Waals surface area contributed by atoms with E-state index in [1.807, 2.05) is 0 Å². The van der Waals surface area contributed by atoms with Gasteiger partial charge >= 0.3 is 5.97 Å². The summed E-state index contributed by atoms with van der Waals surface area (Å²) in [5.74, 6) is -0.448. The first-order valence-corrected chi connectivity index (χ1v) is 8.32. The number of hydrogen-bond acceptors (Lipinski definition) is 6. The van der Waals surface area contributed by atoms with Crippen molar-refractivity contribution in [2.45, 2.75) is 13.0 Å². The van der Waals surface area contributed by atoms with Crippen LogP contribution in [0.4, 0.5) is 0 Å². The lowest BCUT2D eigenvalue weighted by molar-refractivity contribution is -0.150. The molecule has 0 aliphatic heterocycles. The number of benzene rings is 1. The van der Waals surface area contributed by atoms with E-state index in [0.717, 1.165) is 6.26 Å². The highest BCUT2D eigenvalue weighted by atomic mass is 35.5. The summed E-state index contributed by atoms with van der Waals surface area (Å²) >= 11 is 5.89. The summed E-state index contributed by atoms with van der Waals surface area (Å²) in [7, 11) is -3.48. The molecule has 0 aromatic heterocycles. The van der Waals surface area contributed by atoms with Gasteiger partial charge in [-0.05, 0) is 17.7 Å². The molecular formula is C13H17ClO6S. The van der Waals surface area contributed by atoms with Crippen molar-refractivity contribution >= 4 is 27.7 Å². The molecule has 1 rings (SSSR count). The molecule has 0 aliphatic carbocycles. The van der Waals surface area contributed by atoms with Gasteiger partial charge in [0, 0.05) is 11.9 Å². The molecule has 0 fully saturated rings. The first-order chi connectivity index (χ1) is 9.78. The van der Waals surface area contributed by atoms with Gasteiger partial charge < -0.3 is 9.47 Å². The molecule has 1 aromatic rings. The highest BCUT2D eigenvalue weighted by Crippen LogP contribution is 2.21. The minimum absolute atomic E-state index is 0.0609. The van der Waals surface area contributed by atoms with Crippen LogP contribution in [0.5, 0.6) is 0 Å². The fourth-order valence-electron chi connectivity index (χ4n) is 1.54. The molecule has 0 saturated carbocycles. The molecule has 0 amide bonds. The summed E-state index contributed by atoms with van der Waals surface area (Å²) in [6.45, 7) is 1.34. The molecule has 0 saturated heterocycles. The molecule has 0 heterocycles. The van der Waals surface area contributed by atoms with E-state index in [4.69, 9.17) is 21.1 Å². The lowest BCUT2D eigenvalue weighted by Gasteiger charge is -2.17. The number of carbonyl (C=O) groups excluding carboxylic acids is 1. The maximum atomic E-state index is 11.1. The average Bonchev–Trinajstić information content (AvgIpc) is 2.35. The Hall–Kier alpha value is -1.15. The van der Waals surface area contributed by atoms with Crippen molar-refractivity contribution in [2.75, 3.05) is 26.1 Å². The summed E-state index contributed by atoms with van der Waals surface area (Å²) < 4.78 is 36.5. The summed E-state index contributed by atoms with van der Waals surface area (Å²) in [6, 6.07) is 6.87. The molecule has 1 aromatic carbocycles. The third-order valence-corrected chi connectivity index (χ3v) is 3.15. The van der Waals surface area contributed by atoms with Gasteiger partial charge in [0.25, 0.3) is 10.1 Å². The quantitative estimate of drug-likeness (QED) is 0.410. The highest BCUT2D eigenvalue weighted by molar-refractivity contribution is 7.85.